The fourth-order valence-electron chi connectivity index (χ4n) is 1.95. The first-order valence-corrected chi connectivity index (χ1v) is 9.84. The molecule has 27 heavy (non-hydrogen) atoms. The van der Waals surface area contributed by atoms with Crippen molar-refractivity contribution in [2.75, 3.05) is 19.1 Å². The third kappa shape index (κ3) is 7.48. The predicted octanol–water partition coefficient (Wildman–Crippen LogP) is 1.58. The van der Waals surface area contributed by atoms with Crippen LogP contribution in [0.3, 0.4) is 0 Å². The summed E-state index contributed by atoms with van der Waals surface area (Å²) in [5.41, 5.74) is 0.228. The van der Waals surface area contributed by atoms with Gasteiger partial charge in [-0.1, -0.05) is 23.7 Å². The van der Waals surface area contributed by atoms with Gasteiger partial charge >= 0.3 is 12.0 Å². The Hall–Kier alpha value is -2.26. The number of carbonyl (C=O) groups is 4. The molecule has 0 aromatic heterocycles. The third-order valence-corrected chi connectivity index (χ3v) is 4.42. The van der Waals surface area contributed by atoms with Gasteiger partial charge in [-0.2, -0.15) is 11.8 Å². The minimum absolute atomic E-state index is 0.228. The van der Waals surface area contributed by atoms with Crippen molar-refractivity contribution in [2.24, 2.45) is 0 Å². The quantitative estimate of drug-likeness (QED) is 0.555. The topological polar surface area (TPSA) is 114 Å². The molecule has 0 spiro atoms. The van der Waals surface area contributed by atoms with Gasteiger partial charge in [-0.15, -0.1) is 0 Å². The van der Waals surface area contributed by atoms with Gasteiger partial charge in [-0.05, 0) is 37.5 Å². The van der Waals surface area contributed by atoms with E-state index in [1.165, 1.54) is 31.8 Å². The molecule has 4 amide bonds. The Morgan fingerprint density at radius 1 is 1.22 bits per heavy atom. The van der Waals surface area contributed by atoms with E-state index in [1.807, 2.05) is 11.6 Å². The molecule has 0 saturated heterocycles. The van der Waals surface area contributed by atoms with Crippen LogP contribution in [0.5, 0.6) is 0 Å². The summed E-state index contributed by atoms with van der Waals surface area (Å²) < 4.78 is 5.10. The number of hydrogen-bond acceptors (Lipinski definition) is 6. The summed E-state index contributed by atoms with van der Waals surface area (Å²) in [5.74, 6) is -1.49. The van der Waals surface area contributed by atoms with E-state index in [9.17, 15) is 19.2 Å². The van der Waals surface area contributed by atoms with Gasteiger partial charge in [0.15, 0.2) is 6.10 Å². The first-order valence-electron chi connectivity index (χ1n) is 8.07. The zero-order valence-electron chi connectivity index (χ0n) is 15.2. The maximum atomic E-state index is 12.4. The zero-order valence-corrected chi connectivity index (χ0v) is 16.8. The second kappa shape index (κ2) is 11.5. The monoisotopic (exact) mass is 415 g/mol. The molecule has 3 N–H and O–H groups in total. The fraction of sp³-hybridized carbons (Fsp3) is 0.412. The number of hydrogen-bond donors (Lipinski definition) is 3. The summed E-state index contributed by atoms with van der Waals surface area (Å²) in [7, 11) is 1.35. The first-order chi connectivity index (χ1) is 12.8. The lowest BCUT2D eigenvalue weighted by molar-refractivity contribution is -0.156. The molecular formula is C17H22ClN3O5S. The van der Waals surface area contributed by atoms with Gasteiger partial charge in [0.2, 0.25) is 0 Å². The highest BCUT2D eigenvalue weighted by Gasteiger charge is 2.27. The van der Waals surface area contributed by atoms with Crippen LogP contribution in [0.25, 0.3) is 0 Å². The molecule has 0 aliphatic heterocycles. The van der Waals surface area contributed by atoms with Crippen LogP contribution in [0.4, 0.5) is 4.79 Å². The molecule has 8 nitrogen and oxygen atoms in total. The van der Waals surface area contributed by atoms with Crippen LogP contribution in [-0.2, 0) is 14.3 Å². The molecule has 1 rings (SSSR count). The summed E-state index contributed by atoms with van der Waals surface area (Å²) in [4.78, 5) is 47.8. The number of esters is 1. The van der Waals surface area contributed by atoms with Gasteiger partial charge in [0.25, 0.3) is 11.8 Å². The van der Waals surface area contributed by atoms with Crippen molar-refractivity contribution in [1.29, 1.82) is 0 Å². The number of amides is 4. The highest BCUT2D eigenvalue weighted by Crippen LogP contribution is 2.15. The molecular weight excluding hydrogens is 394 g/mol. The predicted molar refractivity (Wildman–Crippen MR) is 104 cm³/mol. The molecule has 0 bridgehead atoms. The van der Waals surface area contributed by atoms with Gasteiger partial charge in [0, 0.05) is 7.05 Å². The third-order valence-electron chi connectivity index (χ3n) is 3.44. The second-order valence-electron chi connectivity index (χ2n) is 5.43. The maximum Gasteiger partial charge on any atom is 0.329 e. The van der Waals surface area contributed by atoms with Crippen molar-refractivity contribution in [1.82, 2.24) is 16.0 Å². The standard InChI is InChI=1S/C17H22ClN3O5S/c1-10(14(22)21-17(25)19-2)26-16(24)13(8-9-27-3)20-15(23)11-6-4-5-7-12(11)18/h4-7,10,13H,8-9H2,1-3H3,(H,20,23)(H2,19,21,22,25)/t10-,13-/m1/s1. The van der Waals surface area contributed by atoms with E-state index in [-0.39, 0.29) is 10.6 Å². The summed E-state index contributed by atoms with van der Waals surface area (Å²) in [6, 6.07) is 4.77. The molecule has 0 aliphatic carbocycles. The number of halogens is 1. The van der Waals surface area contributed by atoms with E-state index < -0.39 is 36.0 Å². The minimum atomic E-state index is -1.20. The highest BCUT2D eigenvalue weighted by molar-refractivity contribution is 7.98. The number of nitrogens with one attached hydrogen (secondary N) is 3. The molecule has 2 atom stereocenters. The summed E-state index contributed by atoms with van der Waals surface area (Å²) in [6.07, 6.45) is 0.960. The highest BCUT2D eigenvalue weighted by atomic mass is 35.5. The lowest BCUT2D eigenvalue weighted by Crippen LogP contribution is -2.47. The summed E-state index contributed by atoms with van der Waals surface area (Å²) in [5, 5.41) is 7.07. The Morgan fingerprint density at radius 2 is 1.89 bits per heavy atom. The number of carbonyl (C=O) groups excluding carboxylic acids is 4. The molecule has 1 aromatic rings. The van der Waals surface area contributed by atoms with Crippen LogP contribution in [0.1, 0.15) is 23.7 Å². The molecule has 0 aliphatic rings. The number of rotatable bonds is 8. The smallest absolute Gasteiger partial charge is 0.329 e. The van der Waals surface area contributed by atoms with Crippen LogP contribution in [0.2, 0.25) is 5.02 Å². The maximum absolute atomic E-state index is 12.4. The first kappa shape index (κ1) is 22.8. The molecule has 1 aromatic carbocycles. The Kier molecular flexibility index (Phi) is 9.66. The van der Waals surface area contributed by atoms with Crippen LogP contribution in [0, 0.1) is 0 Å². The van der Waals surface area contributed by atoms with Crippen molar-refractivity contribution in [3.05, 3.63) is 34.9 Å². The zero-order chi connectivity index (χ0) is 20.4. The molecule has 148 valence electrons. The number of benzene rings is 1. The SMILES string of the molecule is CNC(=O)NC(=O)[C@@H](C)OC(=O)[C@@H](CCSC)NC(=O)c1ccccc1Cl. The van der Waals surface area contributed by atoms with E-state index in [2.05, 4.69) is 10.6 Å². The molecule has 0 fully saturated rings. The van der Waals surface area contributed by atoms with E-state index in [4.69, 9.17) is 16.3 Å². The van der Waals surface area contributed by atoms with Crippen LogP contribution in [0.15, 0.2) is 24.3 Å². The average molecular weight is 416 g/mol. The van der Waals surface area contributed by atoms with Crippen molar-refractivity contribution < 1.29 is 23.9 Å². The van der Waals surface area contributed by atoms with Crippen molar-refractivity contribution in [3.63, 3.8) is 0 Å². The number of thioether (sulfide) groups is 1. The van der Waals surface area contributed by atoms with Gasteiger partial charge in [0.1, 0.15) is 6.04 Å². The Balaban J connectivity index is 2.78. The van der Waals surface area contributed by atoms with Crippen molar-refractivity contribution in [2.45, 2.75) is 25.5 Å². The Labute approximate surface area is 166 Å². The molecule has 0 radical (unpaired) electrons. The van der Waals surface area contributed by atoms with Crippen molar-refractivity contribution in [3.8, 4) is 0 Å². The Bertz CT molecular complexity index is 701. The average Bonchev–Trinajstić information content (AvgIpc) is 2.64. The largest absolute Gasteiger partial charge is 0.451 e. The normalized spacial score (nSPS) is 12.4. The number of ether oxygens (including phenoxy) is 1. The van der Waals surface area contributed by atoms with Gasteiger partial charge in [0.05, 0.1) is 10.6 Å². The number of imide groups is 1. The van der Waals surface area contributed by atoms with Gasteiger partial charge in [-0.3, -0.25) is 14.9 Å². The second-order valence-corrected chi connectivity index (χ2v) is 6.83. The van der Waals surface area contributed by atoms with Gasteiger partial charge in [-0.25, -0.2) is 9.59 Å². The lowest BCUT2D eigenvalue weighted by atomic mass is 10.1. The summed E-state index contributed by atoms with van der Waals surface area (Å²) >= 11 is 7.50. The lowest BCUT2D eigenvalue weighted by Gasteiger charge is -2.20. The van der Waals surface area contributed by atoms with E-state index in [0.717, 1.165) is 0 Å². The Morgan fingerprint density at radius 3 is 2.48 bits per heavy atom. The molecule has 10 heteroatoms. The fourth-order valence-corrected chi connectivity index (χ4v) is 2.64. The summed E-state index contributed by atoms with van der Waals surface area (Å²) in [6.45, 7) is 1.33. The van der Waals surface area contributed by atoms with E-state index in [0.29, 0.717) is 12.2 Å². The molecule has 0 unspecified atom stereocenters. The molecule has 0 saturated carbocycles. The molecule has 0 heterocycles. The van der Waals surface area contributed by atoms with Crippen molar-refractivity contribution >= 4 is 47.2 Å². The minimum Gasteiger partial charge on any atom is -0.451 e. The van der Waals surface area contributed by atoms with E-state index in [1.54, 1.807) is 18.2 Å². The van der Waals surface area contributed by atoms with Crippen LogP contribution in [-0.4, -0.2) is 55.0 Å². The van der Waals surface area contributed by atoms with E-state index >= 15 is 0 Å². The number of urea groups is 1. The van der Waals surface area contributed by atoms with Gasteiger partial charge < -0.3 is 15.4 Å². The van der Waals surface area contributed by atoms with Crippen LogP contribution < -0.4 is 16.0 Å². The van der Waals surface area contributed by atoms with Crippen LogP contribution >= 0.6 is 23.4 Å².